The number of hydrogen-bond acceptors (Lipinski definition) is 7. The smallest absolute Gasteiger partial charge is 0.323 e. The van der Waals surface area contributed by atoms with Gasteiger partial charge in [0.25, 0.3) is 5.91 Å². The van der Waals surface area contributed by atoms with E-state index in [0.717, 1.165) is 26.8 Å². The van der Waals surface area contributed by atoms with Crippen molar-refractivity contribution in [1.29, 1.82) is 0 Å². The lowest BCUT2D eigenvalue weighted by molar-refractivity contribution is -0.146. The van der Waals surface area contributed by atoms with E-state index < -0.39 is 12.0 Å². The largest absolute Gasteiger partial charge is 0.463 e. The molecule has 0 aliphatic heterocycles. The van der Waals surface area contributed by atoms with Crippen LogP contribution in [0.3, 0.4) is 0 Å². The van der Waals surface area contributed by atoms with E-state index in [4.69, 9.17) is 16.3 Å². The number of fused-ring (bicyclic) bond motifs is 1. The molecule has 0 bridgehead atoms. The Bertz CT molecular complexity index is 1350. The summed E-state index contributed by atoms with van der Waals surface area (Å²) in [4.78, 5) is 30.9. The first-order valence-electron chi connectivity index (χ1n) is 11.4. The van der Waals surface area contributed by atoms with Crippen molar-refractivity contribution in [3.8, 4) is 10.4 Å². The van der Waals surface area contributed by atoms with Crippen LogP contribution < -0.4 is 16.6 Å². The zero-order chi connectivity index (χ0) is 25.1. The van der Waals surface area contributed by atoms with Crippen LogP contribution in [0.1, 0.15) is 30.0 Å². The van der Waals surface area contributed by atoms with Gasteiger partial charge < -0.3 is 15.0 Å². The van der Waals surface area contributed by atoms with E-state index in [2.05, 4.69) is 4.98 Å². The first-order chi connectivity index (χ1) is 16.8. The maximum Gasteiger partial charge on any atom is 0.323 e. The zero-order valence-corrected chi connectivity index (χ0v) is 20.8. The Balaban J connectivity index is 1.49. The molecule has 4 rings (SSSR count). The predicted molar refractivity (Wildman–Crippen MR) is 139 cm³/mol. The number of carbonyl (C=O) groups excluding carboxylic acids is 2. The van der Waals surface area contributed by atoms with Crippen molar-refractivity contribution in [3.63, 3.8) is 0 Å². The Morgan fingerprint density at radius 2 is 1.94 bits per heavy atom. The van der Waals surface area contributed by atoms with E-state index in [1.54, 1.807) is 29.5 Å². The van der Waals surface area contributed by atoms with Crippen molar-refractivity contribution in [2.75, 3.05) is 11.6 Å². The number of benzene rings is 2. The van der Waals surface area contributed by atoms with E-state index in [-0.39, 0.29) is 18.4 Å². The molecule has 8 nitrogen and oxygen atoms in total. The standard InChI is InChI=1S/C26H29N5O3S/c1-16(2)24(27)26(33)34-12-11-30-17(3)29-21-15-19(9-10-22(21)30)25(32)31(28)20-7-4-6-18(14-20)23-8-5-13-35-23/h4-10,13-16,24H,11-12,27-28H2,1-3H3. The maximum absolute atomic E-state index is 13.1. The highest BCUT2D eigenvalue weighted by Gasteiger charge is 2.20. The van der Waals surface area contributed by atoms with Crippen LogP contribution in [0.25, 0.3) is 21.5 Å². The fourth-order valence-corrected chi connectivity index (χ4v) is 4.50. The highest BCUT2D eigenvalue weighted by atomic mass is 32.1. The van der Waals surface area contributed by atoms with Crippen LogP contribution in [-0.2, 0) is 16.1 Å². The molecular formula is C26H29N5O3S. The van der Waals surface area contributed by atoms with E-state index in [1.165, 1.54) is 0 Å². The lowest BCUT2D eigenvalue weighted by atomic mass is 10.1. The van der Waals surface area contributed by atoms with E-state index in [0.29, 0.717) is 23.3 Å². The number of amides is 1. The molecule has 0 aliphatic rings. The number of hydrazine groups is 1. The van der Waals surface area contributed by atoms with Gasteiger partial charge in [-0.05, 0) is 60.2 Å². The minimum absolute atomic E-state index is 0.00884. The zero-order valence-electron chi connectivity index (χ0n) is 20.0. The minimum atomic E-state index is -0.644. The number of imidazole rings is 1. The molecule has 35 heavy (non-hydrogen) atoms. The Hall–Kier alpha value is -3.53. The topological polar surface area (TPSA) is 116 Å². The molecule has 0 radical (unpaired) electrons. The summed E-state index contributed by atoms with van der Waals surface area (Å²) in [6.07, 6.45) is 0. The Kier molecular flexibility index (Phi) is 7.30. The predicted octanol–water partition coefficient (Wildman–Crippen LogP) is 4.12. The highest BCUT2D eigenvalue weighted by molar-refractivity contribution is 7.13. The minimum Gasteiger partial charge on any atom is -0.463 e. The summed E-state index contributed by atoms with van der Waals surface area (Å²) >= 11 is 1.63. The molecule has 1 atom stereocenters. The van der Waals surface area contributed by atoms with Gasteiger partial charge in [0.15, 0.2) is 0 Å². The number of nitrogens with two attached hydrogens (primary N) is 2. The lowest BCUT2D eigenvalue weighted by Gasteiger charge is -2.17. The third kappa shape index (κ3) is 5.27. The van der Waals surface area contributed by atoms with Crippen LogP contribution in [0.5, 0.6) is 0 Å². The first kappa shape index (κ1) is 24.6. The molecular weight excluding hydrogens is 462 g/mol. The van der Waals surface area contributed by atoms with Crippen molar-refractivity contribution in [3.05, 3.63) is 71.4 Å². The summed E-state index contributed by atoms with van der Waals surface area (Å²) in [5, 5.41) is 3.16. The highest BCUT2D eigenvalue weighted by Crippen LogP contribution is 2.28. The second-order valence-electron chi connectivity index (χ2n) is 8.65. The van der Waals surface area contributed by atoms with Gasteiger partial charge in [0, 0.05) is 10.4 Å². The van der Waals surface area contributed by atoms with Gasteiger partial charge in [-0.3, -0.25) is 9.59 Å². The second kappa shape index (κ2) is 10.4. The molecule has 0 saturated carbocycles. The molecule has 1 unspecified atom stereocenters. The third-order valence-corrected chi connectivity index (χ3v) is 6.80. The molecule has 4 N–H and O–H groups in total. The number of thiophene rings is 1. The Labute approximate surface area is 208 Å². The number of aryl methyl sites for hydroxylation is 1. The summed E-state index contributed by atoms with van der Waals surface area (Å²) in [5.41, 5.74) is 9.38. The monoisotopic (exact) mass is 491 g/mol. The number of rotatable bonds is 8. The number of anilines is 1. The van der Waals surface area contributed by atoms with Gasteiger partial charge in [0.2, 0.25) is 0 Å². The molecule has 0 fully saturated rings. The number of esters is 1. The maximum atomic E-state index is 13.1. The molecule has 0 aliphatic carbocycles. The van der Waals surface area contributed by atoms with Crippen molar-refractivity contribution >= 4 is 39.9 Å². The summed E-state index contributed by atoms with van der Waals surface area (Å²) < 4.78 is 7.28. The quantitative estimate of drug-likeness (QED) is 0.166. The summed E-state index contributed by atoms with van der Waals surface area (Å²) in [6, 6.07) is 16.2. The van der Waals surface area contributed by atoms with Crippen LogP contribution >= 0.6 is 11.3 Å². The number of hydrogen-bond donors (Lipinski definition) is 2. The summed E-state index contributed by atoms with van der Waals surface area (Å²) in [7, 11) is 0. The van der Waals surface area contributed by atoms with Crippen molar-refractivity contribution in [1.82, 2.24) is 9.55 Å². The van der Waals surface area contributed by atoms with Gasteiger partial charge in [-0.2, -0.15) is 0 Å². The van der Waals surface area contributed by atoms with Crippen LogP contribution in [0.2, 0.25) is 0 Å². The molecule has 1 amide bonds. The Morgan fingerprint density at radius 1 is 1.14 bits per heavy atom. The van der Waals surface area contributed by atoms with Crippen molar-refractivity contribution < 1.29 is 14.3 Å². The SMILES string of the molecule is Cc1nc2cc(C(=O)N(N)c3cccc(-c4cccs4)c3)ccc2n1CCOC(=O)C(N)C(C)C. The van der Waals surface area contributed by atoms with Crippen molar-refractivity contribution in [2.24, 2.45) is 17.5 Å². The third-order valence-electron chi connectivity index (χ3n) is 5.88. The van der Waals surface area contributed by atoms with Crippen LogP contribution in [0.15, 0.2) is 60.0 Å². The van der Waals surface area contributed by atoms with Gasteiger partial charge in [0.05, 0.1) is 23.3 Å². The molecule has 4 aromatic rings. The van der Waals surface area contributed by atoms with Gasteiger partial charge in [-0.1, -0.05) is 32.0 Å². The van der Waals surface area contributed by atoms with E-state index >= 15 is 0 Å². The number of nitrogens with zero attached hydrogens (tertiary/aromatic N) is 3. The fourth-order valence-electron chi connectivity index (χ4n) is 3.78. The van der Waals surface area contributed by atoms with Gasteiger partial charge >= 0.3 is 5.97 Å². The average Bonchev–Trinajstić information content (AvgIpc) is 3.50. The van der Waals surface area contributed by atoms with E-state index in [1.807, 2.05) is 67.1 Å². The first-order valence-corrected chi connectivity index (χ1v) is 12.3. The normalized spacial score (nSPS) is 12.2. The second-order valence-corrected chi connectivity index (χ2v) is 9.60. The van der Waals surface area contributed by atoms with Crippen LogP contribution in [-0.4, -0.2) is 34.1 Å². The molecule has 182 valence electrons. The number of ether oxygens (including phenoxy) is 1. The fraction of sp³-hybridized carbons (Fsp3) is 0.269. The Morgan fingerprint density at radius 3 is 2.66 bits per heavy atom. The molecule has 0 spiro atoms. The summed E-state index contributed by atoms with van der Waals surface area (Å²) in [6.45, 7) is 6.24. The van der Waals surface area contributed by atoms with Gasteiger partial charge in [0.1, 0.15) is 18.5 Å². The molecule has 0 saturated heterocycles. The van der Waals surface area contributed by atoms with Crippen LogP contribution in [0, 0.1) is 12.8 Å². The summed E-state index contributed by atoms with van der Waals surface area (Å²) in [5.74, 6) is 6.23. The molecule has 2 aromatic heterocycles. The molecule has 2 aromatic carbocycles. The van der Waals surface area contributed by atoms with Gasteiger partial charge in [-0.15, -0.1) is 11.3 Å². The van der Waals surface area contributed by atoms with E-state index in [9.17, 15) is 9.59 Å². The number of aromatic nitrogens is 2. The van der Waals surface area contributed by atoms with Crippen molar-refractivity contribution in [2.45, 2.75) is 33.4 Å². The lowest BCUT2D eigenvalue weighted by Crippen LogP contribution is -2.37. The van der Waals surface area contributed by atoms with Gasteiger partial charge in [-0.25, -0.2) is 15.8 Å². The average molecular weight is 492 g/mol. The molecule has 2 heterocycles. The number of carbonyl (C=O) groups is 2. The molecule has 9 heteroatoms. The van der Waals surface area contributed by atoms with Crippen LogP contribution in [0.4, 0.5) is 5.69 Å².